The highest BCUT2D eigenvalue weighted by Gasteiger charge is 2.46. The van der Waals surface area contributed by atoms with Gasteiger partial charge in [0.05, 0.1) is 4.83 Å². The number of rotatable bonds is 7. The minimum atomic E-state index is -1.55. The van der Waals surface area contributed by atoms with E-state index in [1.165, 1.54) is 12.1 Å². The first-order chi connectivity index (χ1) is 11.4. The number of hydrogen-bond donors (Lipinski definition) is 1. The van der Waals surface area contributed by atoms with Crippen molar-refractivity contribution in [1.82, 2.24) is 0 Å². The number of benzene rings is 2. The lowest BCUT2D eigenvalue weighted by atomic mass is 9.87. The molecule has 2 aromatic rings. The summed E-state index contributed by atoms with van der Waals surface area (Å²) in [6.07, 6.45) is 0. The predicted octanol–water partition coefficient (Wildman–Crippen LogP) is 3.35. The van der Waals surface area contributed by atoms with Crippen LogP contribution in [-0.2, 0) is 4.79 Å². The third-order valence-corrected chi connectivity index (χ3v) is 4.60. The number of halogens is 1. The van der Waals surface area contributed by atoms with Crippen molar-refractivity contribution in [2.24, 2.45) is 5.92 Å². The molecular formula is C17H14BrNO5. The van der Waals surface area contributed by atoms with Crippen LogP contribution in [0.4, 0.5) is 0 Å². The third-order valence-electron chi connectivity index (χ3n) is 3.62. The molecule has 7 heteroatoms. The Morgan fingerprint density at radius 1 is 1.00 bits per heavy atom. The van der Waals surface area contributed by atoms with Crippen molar-refractivity contribution in [2.75, 3.05) is 0 Å². The maximum atomic E-state index is 12.5. The molecule has 0 amide bonds. The summed E-state index contributed by atoms with van der Waals surface area (Å²) in [4.78, 5) is 33.9. The summed E-state index contributed by atoms with van der Waals surface area (Å²) < 4.78 is 0. The zero-order chi connectivity index (χ0) is 17.7. The van der Waals surface area contributed by atoms with Gasteiger partial charge in [-0.1, -0.05) is 76.6 Å². The largest absolute Gasteiger partial charge is 0.481 e. The van der Waals surface area contributed by atoms with Crippen LogP contribution < -0.4 is 0 Å². The van der Waals surface area contributed by atoms with Gasteiger partial charge >= 0.3 is 5.97 Å². The Morgan fingerprint density at radius 2 is 1.50 bits per heavy atom. The number of carbonyl (C=O) groups is 2. The van der Waals surface area contributed by atoms with Gasteiger partial charge in [0.2, 0.25) is 0 Å². The molecule has 124 valence electrons. The van der Waals surface area contributed by atoms with Crippen LogP contribution in [0.15, 0.2) is 60.7 Å². The number of alkyl halides is 1. The SMILES string of the molecule is O=C(O)[C@@H]([C@H](Br)C(=O)c1ccccc1)[C@@H](c1ccccc1)[N+](=O)[O-]. The zero-order valence-electron chi connectivity index (χ0n) is 12.4. The Labute approximate surface area is 146 Å². The summed E-state index contributed by atoms with van der Waals surface area (Å²) in [5.74, 6) is -3.47. The fraction of sp³-hybridized carbons (Fsp3) is 0.176. The molecule has 0 saturated heterocycles. The van der Waals surface area contributed by atoms with Gasteiger partial charge in [0.25, 0.3) is 6.04 Å². The smallest absolute Gasteiger partial charge is 0.315 e. The molecule has 2 rings (SSSR count). The average Bonchev–Trinajstić information content (AvgIpc) is 2.59. The highest BCUT2D eigenvalue weighted by Crippen LogP contribution is 2.33. The quantitative estimate of drug-likeness (QED) is 0.337. The Hall–Kier alpha value is -2.54. The molecule has 0 saturated carbocycles. The molecule has 0 unspecified atom stereocenters. The summed E-state index contributed by atoms with van der Waals surface area (Å²) in [5.41, 5.74) is 0.529. The first-order valence-corrected chi connectivity index (χ1v) is 7.99. The maximum Gasteiger partial charge on any atom is 0.315 e. The van der Waals surface area contributed by atoms with Gasteiger partial charge in [0.15, 0.2) is 5.78 Å². The van der Waals surface area contributed by atoms with Crippen molar-refractivity contribution >= 4 is 27.7 Å². The number of aliphatic carboxylic acids is 1. The Bertz CT molecular complexity index is 735. The Kier molecular flexibility index (Phi) is 5.81. The summed E-state index contributed by atoms with van der Waals surface area (Å²) in [7, 11) is 0. The number of nitro groups is 1. The molecule has 6 nitrogen and oxygen atoms in total. The van der Waals surface area contributed by atoms with Crippen LogP contribution in [-0.4, -0.2) is 26.6 Å². The van der Waals surface area contributed by atoms with Crippen LogP contribution in [0.3, 0.4) is 0 Å². The third kappa shape index (κ3) is 3.86. The van der Waals surface area contributed by atoms with Crippen LogP contribution in [0, 0.1) is 16.0 Å². The van der Waals surface area contributed by atoms with Crippen molar-refractivity contribution < 1.29 is 19.6 Å². The molecule has 0 bridgehead atoms. The molecule has 0 aliphatic heterocycles. The van der Waals surface area contributed by atoms with Gasteiger partial charge in [-0.15, -0.1) is 0 Å². The Morgan fingerprint density at radius 3 is 1.96 bits per heavy atom. The van der Waals surface area contributed by atoms with Crippen LogP contribution in [0.2, 0.25) is 0 Å². The van der Waals surface area contributed by atoms with Gasteiger partial charge in [0.1, 0.15) is 5.92 Å². The molecule has 1 N–H and O–H groups in total. The monoisotopic (exact) mass is 391 g/mol. The molecule has 2 aromatic carbocycles. The fourth-order valence-corrected chi connectivity index (χ4v) is 3.23. The molecule has 3 atom stereocenters. The van der Waals surface area contributed by atoms with E-state index in [2.05, 4.69) is 15.9 Å². The zero-order valence-corrected chi connectivity index (χ0v) is 14.0. The van der Waals surface area contributed by atoms with Gasteiger partial charge < -0.3 is 5.11 Å². The van der Waals surface area contributed by atoms with E-state index in [0.717, 1.165) is 0 Å². The lowest BCUT2D eigenvalue weighted by Gasteiger charge is -2.21. The van der Waals surface area contributed by atoms with E-state index in [0.29, 0.717) is 5.56 Å². The van der Waals surface area contributed by atoms with E-state index in [1.807, 2.05) is 0 Å². The van der Waals surface area contributed by atoms with Crippen LogP contribution in [0.5, 0.6) is 0 Å². The number of Topliss-reactive ketones (excluding diaryl/α,β-unsaturated/α-hetero) is 1. The van der Waals surface area contributed by atoms with Gasteiger partial charge in [-0.25, -0.2) is 0 Å². The summed E-state index contributed by atoms with van der Waals surface area (Å²) >= 11 is 3.08. The molecule has 0 aliphatic carbocycles. The van der Waals surface area contributed by atoms with Gasteiger partial charge in [0, 0.05) is 16.1 Å². The first kappa shape index (κ1) is 17.8. The van der Waals surface area contributed by atoms with Crippen molar-refractivity contribution in [3.8, 4) is 0 Å². The molecule has 0 spiro atoms. The number of carboxylic acids is 1. The van der Waals surface area contributed by atoms with Crippen molar-refractivity contribution in [3.05, 3.63) is 81.9 Å². The molecule has 0 aromatic heterocycles. The second kappa shape index (κ2) is 7.83. The van der Waals surface area contributed by atoms with E-state index in [4.69, 9.17) is 0 Å². The summed E-state index contributed by atoms with van der Waals surface area (Å²) in [5, 5.41) is 21.1. The van der Waals surface area contributed by atoms with Crippen LogP contribution in [0.1, 0.15) is 22.0 Å². The molecular weight excluding hydrogens is 378 g/mol. The van der Waals surface area contributed by atoms with Crippen molar-refractivity contribution in [1.29, 1.82) is 0 Å². The minimum Gasteiger partial charge on any atom is -0.481 e. The molecule has 0 heterocycles. The maximum absolute atomic E-state index is 12.5. The van der Waals surface area contributed by atoms with Crippen molar-refractivity contribution in [2.45, 2.75) is 10.9 Å². The molecule has 0 aliphatic rings. The highest BCUT2D eigenvalue weighted by atomic mass is 79.9. The number of nitrogens with zero attached hydrogens (tertiary/aromatic N) is 1. The second-order valence-corrected chi connectivity index (χ2v) is 6.12. The first-order valence-electron chi connectivity index (χ1n) is 7.08. The molecule has 0 fully saturated rings. The van der Waals surface area contributed by atoms with Crippen LogP contribution >= 0.6 is 15.9 Å². The average molecular weight is 392 g/mol. The van der Waals surface area contributed by atoms with Gasteiger partial charge in [-0.05, 0) is 0 Å². The van der Waals surface area contributed by atoms with E-state index in [1.54, 1.807) is 48.5 Å². The summed E-state index contributed by atoms with van der Waals surface area (Å²) in [6, 6.07) is 14.4. The molecule has 24 heavy (non-hydrogen) atoms. The highest BCUT2D eigenvalue weighted by molar-refractivity contribution is 9.10. The van der Waals surface area contributed by atoms with E-state index >= 15 is 0 Å². The van der Waals surface area contributed by atoms with Crippen molar-refractivity contribution in [3.63, 3.8) is 0 Å². The Balaban J connectivity index is 2.42. The van der Waals surface area contributed by atoms with E-state index < -0.39 is 33.5 Å². The lowest BCUT2D eigenvalue weighted by Crippen LogP contribution is -2.38. The van der Waals surface area contributed by atoms with E-state index in [-0.39, 0.29) is 5.56 Å². The lowest BCUT2D eigenvalue weighted by molar-refractivity contribution is -0.536. The summed E-state index contributed by atoms with van der Waals surface area (Å²) in [6.45, 7) is 0. The molecule has 0 radical (unpaired) electrons. The number of carbonyl (C=O) groups excluding carboxylic acids is 1. The van der Waals surface area contributed by atoms with Crippen LogP contribution in [0.25, 0.3) is 0 Å². The fourth-order valence-electron chi connectivity index (χ4n) is 2.46. The number of carboxylic acid groups (broad SMARTS) is 1. The van der Waals surface area contributed by atoms with E-state index in [9.17, 15) is 24.8 Å². The standard InChI is InChI=1S/C17H14BrNO5/c18-14(16(20)12-9-5-2-6-10-12)13(17(21)22)15(19(23)24)11-7-3-1-4-8-11/h1-10,13-15H,(H,21,22)/t13-,14-,15+/m0/s1. The topological polar surface area (TPSA) is 97.5 Å². The minimum absolute atomic E-state index is 0.236. The van der Waals surface area contributed by atoms with Gasteiger partial charge in [-0.3, -0.25) is 19.7 Å². The number of hydrogen-bond acceptors (Lipinski definition) is 4. The normalized spacial score (nSPS) is 14.4. The van der Waals surface area contributed by atoms with Gasteiger partial charge in [-0.2, -0.15) is 0 Å². The second-order valence-electron chi connectivity index (χ2n) is 5.14. The number of ketones is 1. The predicted molar refractivity (Wildman–Crippen MR) is 90.8 cm³/mol.